The molecule has 0 radical (unpaired) electrons. The van der Waals surface area contributed by atoms with Gasteiger partial charge in [0.25, 0.3) is 5.91 Å². The number of amides is 1. The molecule has 0 unspecified atom stereocenters. The number of nitrogens with zero attached hydrogens (tertiary/aromatic N) is 4. The molecule has 0 bridgehead atoms. The Balaban J connectivity index is 1.91. The van der Waals surface area contributed by atoms with E-state index in [0.29, 0.717) is 28.5 Å². The van der Waals surface area contributed by atoms with E-state index in [4.69, 9.17) is 5.14 Å². The SMILES string of the molecule is NSc1nccc(-c2ccc3c(c2)CNC3=O)c1-c1nn[nH]n1. The summed E-state index contributed by atoms with van der Waals surface area (Å²) >= 11 is 1.03. The molecule has 3 aromatic rings. The average molecular weight is 325 g/mol. The maximum absolute atomic E-state index is 11.7. The van der Waals surface area contributed by atoms with Crippen LogP contribution in [0.25, 0.3) is 22.5 Å². The molecule has 1 aliphatic heterocycles. The number of hydrogen-bond acceptors (Lipinski definition) is 7. The van der Waals surface area contributed by atoms with Crippen molar-refractivity contribution in [1.82, 2.24) is 30.9 Å². The van der Waals surface area contributed by atoms with Crippen molar-refractivity contribution in [2.75, 3.05) is 0 Å². The highest BCUT2D eigenvalue weighted by Gasteiger charge is 2.21. The first kappa shape index (κ1) is 13.9. The molecule has 0 fully saturated rings. The van der Waals surface area contributed by atoms with Gasteiger partial charge in [0, 0.05) is 18.3 Å². The van der Waals surface area contributed by atoms with Gasteiger partial charge in [-0.2, -0.15) is 5.21 Å². The van der Waals surface area contributed by atoms with Gasteiger partial charge < -0.3 is 5.32 Å². The molecule has 0 saturated heterocycles. The molecule has 3 heterocycles. The smallest absolute Gasteiger partial charge is 0.251 e. The van der Waals surface area contributed by atoms with E-state index >= 15 is 0 Å². The lowest BCUT2D eigenvalue weighted by molar-refractivity contribution is 0.0966. The fourth-order valence-corrected chi connectivity index (χ4v) is 3.10. The number of tetrazole rings is 1. The van der Waals surface area contributed by atoms with Gasteiger partial charge in [-0.25, -0.2) is 4.98 Å². The van der Waals surface area contributed by atoms with E-state index in [1.54, 1.807) is 6.20 Å². The quantitative estimate of drug-likeness (QED) is 0.617. The number of carbonyl (C=O) groups is 1. The van der Waals surface area contributed by atoms with Crippen LogP contribution >= 0.6 is 11.9 Å². The molecule has 1 aromatic carbocycles. The number of aromatic nitrogens is 5. The maximum atomic E-state index is 11.7. The fraction of sp³-hybridized carbons (Fsp3) is 0.0714. The van der Waals surface area contributed by atoms with Crippen molar-refractivity contribution in [3.63, 3.8) is 0 Å². The average Bonchev–Trinajstić information content (AvgIpc) is 3.24. The van der Waals surface area contributed by atoms with Crippen LogP contribution in [0, 0.1) is 0 Å². The second kappa shape index (κ2) is 5.45. The van der Waals surface area contributed by atoms with Crippen LogP contribution in [-0.4, -0.2) is 31.5 Å². The topological polar surface area (TPSA) is 122 Å². The Labute approximate surface area is 135 Å². The highest BCUT2D eigenvalue weighted by molar-refractivity contribution is 7.97. The summed E-state index contributed by atoms with van der Waals surface area (Å²) in [6.45, 7) is 0.531. The standard InChI is InChI=1S/C14H11N7OS/c15-23-14-11(12-18-20-21-19-12)9(3-4-16-14)7-1-2-10-8(5-7)6-17-13(10)22/h1-5H,6,15H2,(H,17,22)(H,18,19,20,21). The minimum atomic E-state index is -0.0436. The van der Waals surface area contributed by atoms with Crippen molar-refractivity contribution in [3.05, 3.63) is 41.6 Å². The molecule has 114 valence electrons. The second-order valence-corrected chi connectivity index (χ2v) is 5.57. The van der Waals surface area contributed by atoms with Crippen molar-refractivity contribution in [2.45, 2.75) is 11.6 Å². The normalized spacial score (nSPS) is 13.0. The van der Waals surface area contributed by atoms with Crippen molar-refractivity contribution in [3.8, 4) is 22.5 Å². The lowest BCUT2D eigenvalue weighted by Gasteiger charge is -2.10. The van der Waals surface area contributed by atoms with Crippen molar-refractivity contribution < 1.29 is 4.79 Å². The van der Waals surface area contributed by atoms with Crippen LogP contribution in [0.3, 0.4) is 0 Å². The molecule has 4 rings (SSSR count). The lowest BCUT2D eigenvalue weighted by atomic mass is 9.97. The van der Waals surface area contributed by atoms with Gasteiger partial charge in [0.05, 0.1) is 5.56 Å². The Morgan fingerprint density at radius 3 is 2.91 bits per heavy atom. The van der Waals surface area contributed by atoms with E-state index in [0.717, 1.165) is 28.6 Å². The number of hydrogen-bond donors (Lipinski definition) is 3. The predicted molar refractivity (Wildman–Crippen MR) is 84.1 cm³/mol. The largest absolute Gasteiger partial charge is 0.348 e. The van der Waals surface area contributed by atoms with Crippen LogP contribution in [0.4, 0.5) is 0 Å². The van der Waals surface area contributed by atoms with Crippen molar-refractivity contribution >= 4 is 17.9 Å². The number of nitrogens with two attached hydrogens (primary N) is 1. The molecular formula is C14H11N7OS. The summed E-state index contributed by atoms with van der Waals surface area (Å²) in [5.74, 6) is 0.383. The third-order valence-corrected chi connectivity index (χ3v) is 4.23. The van der Waals surface area contributed by atoms with Gasteiger partial charge >= 0.3 is 0 Å². The molecular weight excluding hydrogens is 314 g/mol. The van der Waals surface area contributed by atoms with E-state index in [9.17, 15) is 4.79 Å². The van der Waals surface area contributed by atoms with Gasteiger partial charge in [0.1, 0.15) is 5.03 Å². The monoisotopic (exact) mass is 325 g/mol. The van der Waals surface area contributed by atoms with Crippen LogP contribution in [0.5, 0.6) is 0 Å². The van der Waals surface area contributed by atoms with Crippen LogP contribution in [0.2, 0.25) is 0 Å². The summed E-state index contributed by atoms with van der Waals surface area (Å²) in [7, 11) is 0. The third-order valence-electron chi connectivity index (χ3n) is 3.70. The van der Waals surface area contributed by atoms with Crippen molar-refractivity contribution in [2.24, 2.45) is 5.14 Å². The molecule has 0 aliphatic carbocycles. The number of aromatic amines is 1. The van der Waals surface area contributed by atoms with Crippen LogP contribution < -0.4 is 10.5 Å². The summed E-state index contributed by atoms with van der Waals surface area (Å²) in [5.41, 5.74) is 4.21. The molecule has 1 aliphatic rings. The number of benzene rings is 1. The molecule has 0 saturated carbocycles. The number of H-pyrrole nitrogens is 1. The lowest BCUT2D eigenvalue weighted by Crippen LogP contribution is -2.12. The Hall–Kier alpha value is -2.78. The zero-order chi connectivity index (χ0) is 15.8. The number of rotatable bonds is 3. The van der Waals surface area contributed by atoms with Gasteiger partial charge in [-0.1, -0.05) is 6.07 Å². The molecule has 0 atom stereocenters. The Morgan fingerprint density at radius 1 is 1.22 bits per heavy atom. The number of pyridine rings is 1. The number of nitrogens with one attached hydrogen (secondary N) is 2. The fourth-order valence-electron chi connectivity index (χ4n) is 2.66. The van der Waals surface area contributed by atoms with Gasteiger partial charge in [-0.05, 0) is 52.1 Å². The van der Waals surface area contributed by atoms with Crippen LogP contribution in [-0.2, 0) is 6.54 Å². The van der Waals surface area contributed by atoms with Crippen LogP contribution in [0.15, 0.2) is 35.5 Å². The number of fused-ring (bicyclic) bond motifs is 1. The van der Waals surface area contributed by atoms with Crippen LogP contribution in [0.1, 0.15) is 15.9 Å². The summed E-state index contributed by atoms with van der Waals surface area (Å²) in [4.78, 5) is 16.0. The highest BCUT2D eigenvalue weighted by atomic mass is 32.2. The molecule has 4 N–H and O–H groups in total. The first-order valence-corrected chi connectivity index (χ1v) is 7.67. The summed E-state index contributed by atoms with van der Waals surface area (Å²) in [6, 6.07) is 7.57. The Kier molecular flexibility index (Phi) is 3.28. The third kappa shape index (κ3) is 2.26. The second-order valence-electron chi connectivity index (χ2n) is 4.95. The first-order chi connectivity index (χ1) is 11.3. The van der Waals surface area contributed by atoms with E-state index in [-0.39, 0.29) is 5.91 Å². The maximum Gasteiger partial charge on any atom is 0.251 e. The minimum Gasteiger partial charge on any atom is -0.348 e. The van der Waals surface area contributed by atoms with Gasteiger partial charge in [-0.15, -0.1) is 10.2 Å². The molecule has 2 aromatic heterocycles. The highest BCUT2D eigenvalue weighted by Crippen LogP contribution is 2.35. The summed E-state index contributed by atoms with van der Waals surface area (Å²) in [5, 5.41) is 23.3. The molecule has 1 amide bonds. The minimum absolute atomic E-state index is 0.0436. The molecule has 0 spiro atoms. The summed E-state index contributed by atoms with van der Waals surface area (Å²) < 4.78 is 0. The van der Waals surface area contributed by atoms with Gasteiger partial charge in [0.2, 0.25) is 5.82 Å². The van der Waals surface area contributed by atoms with E-state index in [1.165, 1.54) is 0 Å². The summed E-state index contributed by atoms with van der Waals surface area (Å²) in [6.07, 6.45) is 1.69. The van der Waals surface area contributed by atoms with E-state index in [1.807, 2.05) is 24.3 Å². The number of carbonyl (C=O) groups excluding carboxylic acids is 1. The molecule has 9 heteroatoms. The Bertz CT molecular complexity index is 894. The molecule has 23 heavy (non-hydrogen) atoms. The van der Waals surface area contributed by atoms with E-state index < -0.39 is 0 Å². The van der Waals surface area contributed by atoms with E-state index in [2.05, 4.69) is 30.9 Å². The zero-order valence-electron chi connectivity index (χ0n) is 11.8. The van der Waals surface area contributed by atoms with Crippen molar-refractivity contribution in [1.29, 1.82) is 0 Å². The van der Waals surface area contributed by atoms with Gasteiger partial charge in [0.15, 0.2) is 0 Å². The molecule has 8 nitrogen and oxygen atoms in total. The van der Waals surface area contributed by atoms with Gasteiger partial charge in [-0.3, -0.25) is 9.93 Å². The Morgan fingerprint density at radius 2 is 2.13 bits per heavy atom. The predicted octanol–water partition coefficient (Wildman–Crippen LogP) is 1.14. The zero-order valence-corrected chi connectivity index (χ0v) is 12.6. The first-order valence-electron chi connectivity index (χ1n) is 6.79.